The van der Waals surface area contributed by atoms with Crippen LogP contribution in [0, 0.1) is 0 Å². The molecule has 2 saturated heterocycles. The van der Waals surface area contributed by atoms with E-state index < -0.39 is 17.6 Å². The Morgan fingerprint density at radius 1 is 1.59 bits per heavy atom. The summed E-state index contributed by atoms with van der Waals surface area (Å²) in [7, 11) is 1.31. The van der Waals surface area contributed by atoms with Crippen molar-refractivity contribution in [2.24, 2.45) is 0 Å². The van der Waals surface area contributed by atoms with Crippen LogP contribution in [0.5, 0.6) is 0 Å². The summed E-state index contributed by atoms with van der Waals surface area (Å²) < 4.78 is 4.71. The molecule has 2 aliphatic rings. The van der Waals surface area contributed by atoms with Crippen molar-refractivity contribution in [3.8, 4) is 0 Å². The normalized spacial score (nSPS) is 32.7. The number of esters is 1. The van der Waals surface area contributed by atoms with Gasteiger partial charge in [0.15, 0.2) is 0 Å². The Labute approximate surface area is 98.5 Å². The molecule has 3 amide bonds. The Bertz CT molecular complexity index is 384. The Hall–Kier alpha value is -1.63. The first-order valence-corrected chi connectivity index (χ1v) is 5.48. The summed E-state index contributed by atoms with van der Waals surface area (Å²) in [6, 6.07) is -0.981. The molecule has 0 aliphatic carbocycles. The number of likely N-dealkylation sites (N-methyl/N-ethyl adjacent to an activating group) is 1. The lowest BCUT2D eigenvalue weighted by molar-refractivity contribution is -0.145. The van der Waals surface area contributed by atoms with Gasteiger partial charge in [0.05, 0.1) is 7.11 Å². The molecule has 2 rings (SSSR count). The summed E-state index contributed by atoms with van der Waals surface area (Å²) in [6.07, 6.45) is 0.255. The maximum Gasteiger partial charge on any atom is 0.323 e. The molecule has 94 valence electrons. The number of hydrogen-bond donors (Lipinski definition) is 2. The minimum Gasteiger partial charge on any atom is -0.468 e. The summed E-state index contributed by atoms with van der Waals surface area (Å²) in [4.78, 5) is 36.4. The number of rotatable bonds is 2. The lowest BCUT2D eigenvalue weighted by atomic mass is 9.96. The minimum atomic E-state index is -0.980. The van der Waals surface area contributed by atoms with E-state index in [0.717, 1.165) is 0 Å². The summed E-state index contributed by atoms with van der Waals surface area (Å²) >= 11 is 0. The molecule has 7 nitrogen and oxygen atoms in total. The van der Waals surface area contributed by atoms with Gasteiger partial charge in [-0.05, 0) is 6.54 Å². The van der Waals surface area contributed by atoms with Crippen molar-refractivity contribution < 1.29 is 19.1 Å². The van der Waals surface area contributed by atoms with Crippen molar-refractivity contribution in [1.82, 2.24) is 15.5 Å². The average Bonchev–Trinajstić information content (AvgIpc) is 2.80. The SMILES string of the molecule is CCN1C[C@]2(C[C@H]1C(=O)OC)NC(=O)NC2=O. The number of carbonyl (C=O) groups excluding carboxylic acids is 3. The van der Waals surface area contributed by atoms with Gasteiger partial charge in [0.2, 0.25) is 0 Å². The fourth-order valence-electron chi connectivity index (χ4n) is 2.46. The Balaban J connectivity index is 2.22. The van der Waals surface area contributed by atoms with E-state index in [1.807, 2.05) is 11.8 Å². The maximum absolute atomic E-state index is 11.8. The molecule has 0 bridgehead atoms. The lowest BCUT2D eigenvalue weighted by Gasteiger charge is -2.20. The molecule has 2 atom stereocenters. The topological polar surface area (TPSA) is 87.7 Å². The number of carbonyl (C=O) groups is 3. The van der Waals surface area contributed by atoms with Crippen molar-refractivity contribution >= 4 is 17.9 Å². The van der Waals surface area contributed by atoms with Gasteiger partial charge in [-0.15, -0.1) is 0 Å². The highest BCUT2D eigenvalue weighted by Crippen LogP contribution is 2.30. The number of likely N-dealkylation sites (tertiary alicyclic amines) is 1. The molecule has 17 heavy (non-hydrogen) atoms. The van der Waals surface area contributed by atoms with E-state index in [2.05, 4.69) is 10.6 Å². The highest BCUT2D eigenvalue weighted by atomic mass is 16.5. The Kier molecular flexibility index (Phi) is 2.78. The predicted molar refractivity (Wildman–Crippen MR) is 57.1 cm³/mol. The van der Waals surface area contributed by atoms with Crippen LogP contribution in [-0.4, -0.2) is 54.6 Å². The van der Waals surface area contributed by atoms with Gasteiger partial charge in [0.25, 0.3) is 5.91 Å². The van der Waals surface area contributed by atoms with Crippen molar-refractivity contribution in [2.75, 3.05) is 20.2 Å². The summed E-state index contributed by atoms with van der Waals surface area (Å²) in [5.74, 6) is -0.745. The van der Waals surface area contributed by atoms with Gasteiger partial charge >= 0.3 is 12.0 Å². The first-order chi connectivity index (χ1) is 8.02. The number of urea groups is 1. The third kappa shape index (κ3) is 1.76. The van der Waals surface area contributed by atoms with Crippen LogP contribution in [0.25, 0.3) is 0 Å². The zero-order valence-corrected chi connectivity index (χ0v) is 9.78. The molecule has 7 heteroatoms. The largest absolute Gasteiger partial charge is 0.468 e. The van der Waals surface area contributed by atoms with Gasteiger partial charge in [-0.2, -0.15) is 0 Å². The van der Waals surface area contributed by atoms with Crippen molar-refractivity contribution in [3.05, 3.63) is 0 Å². The number of nitrogens with one attached hydrogen (secondary N) is 2. The van der Waals surface area contributed by atoms with Gasteiger partial charge in [0, 0.05) is 13.0 Å². The van der Waals surface area contributed by atoms with E-state index in [9.17, 15) is 14.4 Å². The molecular formula is C10H15N3O4. The molecule has 0 aromatic carbocycles. The van der Waals surface area contributed by atoms with E-state index in [0.29, 0.717) is 13.1 Å². The summed E-state index contributed by atoms with van der Waals surface area (Å²) in [5, 5.41) is 4.81. The third-order valence-corrected chi connectivity index (χ3v) is 3.35. The van der Waals surface area contributed by atoms with Gasteiger partial charge in [-0.3, -0.25) is 19.8 Å². The van der Waals surface area contributed by atoms with Crippen LogP contribution < -0.4 is 10.6 Å². The molecule has 0 unspecified atom stereocenters. The highest BCUT2D eigenvalue weighted by Gasteiger charge is 2.55. The molecule has 2 heterocycles. The van der Waals surface area contributed by atoms with Crippen LogP contribution in [0.15, 0.2) is 0 Å². The second kappa shape index (κ2) is 3.99. The first kappa shape index (κ1) is 11.8. The minimum absolute atomic E-state index is 0.255. The standard InChI is InChI=1S/C10H15N3O4/c1-3-13-5-10(4-6(13)7(14)17-2)8(15)11-9(16)12-10/h6H,3-5H2,1-2H3,(H2,11,12,15,16)/t6-,10-/m0/s1. The van der Waals surface area contributed by atoms with E-state index >= 15 is 0 Å². The van der Waals surface area contributed by atoms with Gasteiger partial charge in [-0.25, -0.2) is 4.79 Å². The molecular weight excluding hydrogens is 226 g/mol. The van der Waals surface area contributed by atoms with Gasteiger partial charge < -0.3 is 10.1 Å². The predicted octanol–water partition coefficient (Wildman–Crippen LogP) is -1.17. The number of imide groups is 1. The number of hydrogen-bond acceptors (Lipinski definition) is 5. The molecule has 2 fully saturated rings. The second-order valence-corrected chi connectivity index (χ2v) is 4.30. The van der Waals surface area contributed by atoms with Crippen molar-refractivity contribution in [3.63, 3.8) is 0 Å². The fourth-order valence-corrected chi connectivity index (χ4v) is 2.46. The molecule has 0 saturated carbocycles. The molecule has 0 radical (unpaired) electrons. The quantitative estimate of drug-likeness (QED) is 0.470. The highest BCUT2D eigenvalue weighted by molar-refractivity contribution is 6.07. The van der Waals surface area contributed by atoms with E-state index in [4.69, 9.17) is 4.74 Å². The van der Waals surface area contributed by atoms with Crippen LogP contribution in [0.4, 0.5) is 4.79 Å². The van der Waals surface area contributed by atoms with Crippen LogP contribution in [-0.2, 0) is 14.3 Å². The van der Waals surface area contributed by atoms with Crippen LogP contribution in [0.1, 0.15) is 13.3 Å². The molecule has 2 N–H and O–H groups in total. The summed E-state index contributed by atoms with van der Waals surface area (Å²) in [6.45, 7) is 2.84. The monoisotopic (exact) mass is 241 g/mol. The third-order valence-electron chi connectivity index (χ3n) is 3.35. The average molecular weight is 241 g/mol. The molecule has 1 spiro atoms. The summed E-state index contributed by atoms with van der Waals surface area (Å²) in [5.41, 5.74) is -0.980. The fraction of sp³-hybridized carbons (Fsp3) is 0.700. The van der Waals surface area contributed by atoms with Gasteiger partial charge in [-0.1, -0.05) is 6.92 Å². The van der Waals surface area contributed by atoms with E-state index in [1.165, 1.54) is 7.11 Å². The molecule has 2 aliphatic heterocycles. The zero-order chi connectivity index (χ0) is 12.6. The van der Waals surface area contributed by atoms with Crippen LogP contribution in [0.2, 0.25) is 0 Å². The second-order valence-electron chi connectivity index (χ2n) is 4.30. The van der Waals surface area contributed by atoms with Gasteiger partial charge in [0.1, 0.15) is 11.6 Å². The lowest BCUT2D eigenvalue weighted by Crippen LogP contribution is -2.49. The Morgan fingerprint density at radius 3 is 2.76 bits per heavy atom. The number of ether oxygens (including phenoxy) is 1. The number of methoxy groups -OCH3 is 1. The smallest absolute Gasteiger partial charge is 0.323 e. The zero-order valence-electron chi connectivity index (χ0n) is 9.78. The number of nitrogens with zero attached hydrogens (tertiary/aromatic N) is 1. The molecule has 0 aromatic heterocycles. The first-order valence-electron chi connectivity index (χ1n) is 5.48. The van der Waals surface area contributed by atoms with E-state index in [-0.39, 0.29) is 18.3 Å². The van der Waals surface area contributed by atoms with Crippen LogP contribution >= 0.6 is 0 Å². The maximum atomic E-state index is 11.8. The van der Waals surface area contributed by atoms with Crippen molar-refractivity contribution in [1.29, 1.82) is 0 Å². The Morgan fingerprint density at radius 2 is 2.29 bits per heavy atom. The molecule has 0 aromatic rings. The van der Waals surface area contributed by atoms with Crippen LogP contribution in [0.3, 0.4) is 0 Å². The van der Waals surface area contributed by atoms with E-state index in [1.54, 1.807) is 0 Å². The number of amides is 3. The van der Waals surface area contributed by atoms with Crippen molar-refractivity contribution in [2.45, 2.75) is 24.9 Å².